The van der Waals surface area contributed by atoms with Crippen LogP contribution in [-0.4, -0.2) is 24.9 Å². The van der Waals surface area contributed by atoms with Crippen LogP contribution in [0.5, 0.6) is 0 Å². The zero-order valence-electron chi connectivity index (χ0n) is 13.8. The first-order valence-electron chi connectivity index (χ1n) is 8.22. The standard InChI is InChI=1S/C19H17F3N2O2/c20-15-4-2-1-3-12(15)7-8-23-19(26)13-9-18(25)24(11-13)14-5-6-16(21)17(22)10-14/h1-6,10,13H,7-9,11H2,(H,23,26). The summed E-state index contributed by atoms with van der Waals surface area (Å²) in [6.45, 7) is 0.338. The lowest BCUT2D eigenvalue weighted by Gasteiger charge is -2.17. The Morgan fingerprint density at radius 2 is 1.85 bits per heavy atom. The van der Waals surface area contributed by atoms with Gasteiger partial charge in [-0.3, -0.25) is 9.59 Å². The zero-order valence-corrected chi connectivity index (χ0v) is 13.8. The third kappa shape index (κ3) is 3.87. The Morgan fingerprint density at radius 3 is 2.58 bits per heavy atom. The Balaban J connectivity index is 1.57. The monoisotopic (exact) mass is 362 g/mol. The summed E-state index contributed by atoms with van der Waals surface area (Å²) in [5.41, 5.74) is 0.717. The number of carbonyl (C=O) groups excluding carboxylic acids is 2. The van der Waals surface area contributed by atoms with E-state index in [2.05, 4.69) is 5.32 Å². The van der Waals surface area contributed by atoms with E-state index >= 15 is 0 Å². The molecule has 2 aromatic carbocycles. The SMILES string of the molecule is O=C(NCCc1ccccc1F)C1CC(=O)N(c2ccc(F)c(F)c2)C1. The zero-order chi connectivity index (χ0) is 18.7. The molecule has 136 valence electrons. The van der Waals surface area contributed by atoms with Gasteiger partial charge in [-0.25, -0.2) is 13.2 Å². The highest BCUT2D eigenvalue weighted by Crippen LogP contribution is 2.26. The van der Waals surface area contributed by atoms with Crippen molar-refractivity contribution in [1.29, 1.82) is 0 Å². The average Bonchev–Trinajstić information content (AvgIpc) is 3.01. The van der Waals surface area contributed by atoms with E-state index in [1.807, 2.05) is 0 Å². The van der Waals surface area contributed by atoms with Crippen LogP contribution >= 0.6 is 0 Å². The summed E-state index contributed by atoms with van der Waals surface area (Å²) in [6, 6.07) is 9.49. The van der Waals surface area contributed by atoms with Gasteiger partial charge < -0.3 is 10.2 Å². The van der Waals surface area contributed by atoms with Crippen molar-refractivity contribution in [2.45, 2.75) is 12.8 Å². The molecule has 0 bridgehead atoms. The highest BCUT2D eigenvalue weighted by Gasteiger charge is 2.35. The maximum atomic E-state index is 13.5. The van der Waals surface area contributed by atoms with E-state index in [0.717, 1.165) is 12.1 Å². The fourth-order valence-electron chi connectivity index (χ4n) is 2.95. The smallest absolute Gasteiger partial charge is 0.227 e. The van der Waals surface area contributed by atoms with E-state index in [1.165, 1.54) is 17.0 Å². The van der Waals surface area contributed by atoms with Gasteiger partial charge in [0, 0.05) is 31.3 Å². The molecule has 1 unspecified atom stereocenters. The molecule has 2 aromatic rings. The van der Waals surface area contributed by atoms with Crippen LogP contribution in [0.25, 0.3) is 0 Å². The first-order valence-corrected chi connectivity index (χ1v) is 8.22. The number of benzene rings is 2. The normalized spacial score (nSPS) is 16.8. The minimum atomic E-state index is -1.05. The Bertz CT molecular complexity index is 841. The van der Waals surface area contributed by atoms with Crippen LogP contribution in [0.15, 0.2) is 42.5 Å². The molecule has 26 heavy (non-hydrogen) atoms. The fourth-order valence-corrected chi connectivity index (χ4v) is 2.95. The van der Waals surface area contributed by atoms with Crippen LogP contribution in [0.2, 0.25) is 0 Å². The van der Waals surface area contributed by atoms with Crippen LogP contribution in [0, 0.1) is 23.4 Å². The van der Waals surface area contributed by atoms with Gasteiger partial charge in [-0.1, -0.05) is 18.2 Å². The summed E-state index contributed by atoms with van der Waals surface area (Å²) < 4.78 is 39.9. The number of halogens is 3. The minimum absolute atomic E-state index is 0.00940. The third-order valence-electron chi connectivity index (χ3n) is 4.36. The molecule has 0 radical (unpaired) electrons. The van der Waals surface area contributed by atoms with E-state index in [4.69, 9.17) is 0 Å². The van der Waals surface area contributed by atoms with E-state index in [-0.39, 0.29) is 42.8 Å². The summed E-state index contributed by atoms with van der Waals surface area (Å²) in [4.78, 5) is 25.6. The van der Waals surface area contributed by atoms with E-state index < -0.39 is 17.6 Å². The average molecular weight is 362 g/mol. The van der Waals surface area contributed by atoms with Crippen molar-refractivity contribution in [3.63, 3.8) is 0 Å². The predicted molar refractivity (Wildman–Crippen MR) is 89.9 cm³/mol. The Morgan fingerprint density at radius 1 is 1.08 bits per heavy atom. The minimum Gasteiger partial charge on any atom is -0.355 e. The number of carbonyl (C=O) groups is 2. The van der Waals surface area contributed by atoms with Crippen LogP contribution in [0.1, 0.15) is 12.0 Å². The van der Waals surface area contributed by atoms with Crippen LogP contribution in [0.4, 0.5) is 18.9 Å². The van der Waals surface area contributed by atoms with Crippen molar-refractivity contribution in [2.75, 3.05) is 18.0 Å². The van der Waals surface area contributed by atoms with Gasteiger partial charge >= 0.3 is 0 Å². The molecule has 7 heteroatoms. The number of anilines is 1. The van der Waals surface area contributed by atoms with Crippen molar-refractivity contribution < 1.29 is 22.8 Å². The molecule has 1 atom stereocenters. The molecule has 4 nitrogen and oxygen atoms in total. The number of amides is 2. The molecule has 2 amide bonds. The van der Waals surface area contributed by atoms with Crippen molar-refractivity contribution in [3.05, 3.63) is 65.5 Å². The van der Waals surface area contributed by atoms with Gasteiger partial charge in [0.25, 0.3) is 0 Å². The van der Waals surface area contributed by atoms with Gasteiger partial charge in [-0.05, 0) is 30.2 Å². The number of nitrogens with zero attached hydrogens (tertiary/aromatic N) is 1. The second-order valence-corrected chi connectivity index (χ2v) is 6.14. The first-order chi connectivity index (χ1) is 12.5. The quantitative estimate of drug-likeness (QED) is 0.889. The molecule has 1 saturated heterocycles. The molecule has 1 aliphatic rings. The molecule has 0 aliphatic carbocycles. The highest BCUT2D eigenvalue weighted by molar-refractivity contribution is 6.00. The molecule has 0 aromatic heterocycles. The van der Waals surface area contributed by atoms with E-state index in [1.54, 1.807) is 18.2 Å². The summed E-state index contributed by atoms with van der Waals surface area (Å²) in [6.07, 6.45) is 0.330. The summed E-state index contributed by atoms with van der Waals surface area (Å²) in [5, 5.41) is 2.69. The van der Waals surface area contributed by atoms with Crippen molar-refractivity contribution in [1.82, 2.24) is 5.32 Å². The number of nitrogens with one attached hydrogen (secondary N) is 1. The largest absolute Gasteiger partial charge is 0.355 e. The van der Waals surface area contributed by atoms with Crippen molar-refractivity contribution >= 4 is 17.5 Å². The Labute approximate surface area is 148 Å². The second-order valence-electron chi connectivity index (χ2n) is 6.14. The van der Waals surface area contributed by atoms with Crippen LogP contribution in [0.3, 0.4) is 0 Å². The van der Waals surface area contributed by atoms with Gasteiger partial charge in [0.15, 0.2) is 11.6 Å². The number of hydrogen-bond donors (Lipinski definition) is 1. The number of rotatable bonds is 5. The summed E-state index contributed by atoms with van der Waals surface area (Å²) in [5.74, 6) is -3.61. The molecule has 1 aliphatic heterocycles. The van der Waals surface area contributed by atoms with Gasteiger partial charge in [-0.15, -0.1) is 0 Å². The molecular weight excluding hydrogens is 345 g/mol. The topological polar surface area (TPSA) is 49.4 Å². The lowest BCUT2D eigenvalue weighted by molar-refractivity contribution is -0.126. The lowest BCUT2D eigenvalue weighted by Crippen LogP contribution is -2.34. The molecule has 1 heterocycles. The third-order valence-corrected chi connectivity index (χ3v) is 4.36. The molecule has 3 rings (SSSR count). The summed E-state index contributed by atoms with van der Waals surface area (Å²) >= 11 is 0. The van der Waals surface area contributed by atoms with Crippen LogP contribution in [-0.2, 0) is 16.0 Å². The molecule has 0 spiro atoms. The summed E-state index contributed by atoms with van der Waals surface area (Å²) in [7, 11) is 0. The Kier molecular flexibility index (Phi) is 5.25. The fraction of sp³-hybridized carbons (Fsp3) is 0.263. The number of hydrogen-bond acceptors (Lipinski definition) is 2. The molecule has 1 N–H and O–H groups in total. The van der Waals surface area contributed by atoms with Gasteiger partial charge in [0.2, 0.25) is 11.8 Å². The van der Waals surface area contributed by atoms with Gasteiger partial charge in [0.1, 0.15) is 5.82 Å². The van der Waals surface area contributed by atoms with Crippen LogP contribution < -0.4 is 10.2 Å². The Hall–Kier alpha value is -2.83. The molecule has 1 fully saturated rings. The predicted octanol–water partition coefficient (Wildman–Crippen LogP) is 2.82. The van der Waals surface area contributed by atoms with Crippen molar-refractivity contribution in [3.8, 4) is 0 Å². The first kappa shape index (κ1) is 18.0. The molecular formula is C19H17F3N2O2. The lowest BCUT2D eigenvalue weighted by atomic mass is 10.1. The van der Waals surface area contributed by atoms with Crippen molar-refractivity contribution in [2.24, 2.45) is 5.92 Å². The van der Waals surface area contributed by atoms with E-state index in [0.29, 0.717) is 12.0 Å². The van der Waals surface area contributed by atoms with Gasteiger partial charge in [-0.2, -0.15) is 0 Å². The van der Waals surface area contributed by atoms with Gasteiger partial charge in [0.05, 0.1) is 5.92 Å². The second kappa shape index (κ2) is 7.59. The molecule has 0 saturated carbocycles. The maximum absolute atomic E-state index is 13.5. The van der Waals surface area contributed by atoms with E-state index in [9.17, 15) is 22.8 Å². The highest BCUT2D eigenvalue weighted by atomic mass is 19.2. The maximum Gasteiger partial charge on any atom is 0.227 e.